The van der Waals surface area contributed by atoms with Crippen LogP contribution in [0.25, 0.3) is 0 Å². The molecular formula is C7H8NO2. The van der Waals surface area contributed by atoms with E-state index in [1.165, 1.54) is 0 Å². The molecule has 53 valence electrons. The van der Waals surface area contributed by atoms with Gasteiger partial charge in [0.05, 0.1) is 4.92 Å². The molecule has 0 bridgehead atoms. The molecular weight excluding hydrogens is 130 g/mol. The number of allylic oxidation sites excluding steroid dienone is 3. The van der Waals surface area contributed by atoms with Crippen LogP contribution in [0.5, 0.6) is 0 Å². The predicted octanol–water partition coefficient (Wildman–Crippen LogP) is 1.70. The normalized spacial score (nSPS) is 17.7. The molecule has 0 amide bonds. The molecule has 1 rings (SSSR count). The molecule has 0 unspecified atom stereocenters. The molecule has 3 heteroatoms. The van der Waals surface area contributed by atoms with E-state index in [9.17, 15) is 10.1 Å². The van der Waals surface area contributed by atoms with E-state index >= 15 is 0 Å². The summed E-state index contributed by atoms with van der Waals surface area (Å²) in [5.74, 6) is 0. The third-order valence-corrected chi connectivity index (χ3v) is 1.35. The summed E-state index contributed by atoms with van der Waals surface area (Å²) in [7, 11) is 0. The molecule has 1 aliphatic carbocycles. The summed E-state index contributed by atoms with van der Waals surface area (Å²) in [5, 5.41) is 10.2. The Kier molecular flexibility index (Phi) is 1.85. The standard InChI is InChI=1S/C7H8NO2/c1-6-3-2-4-7(5-6)8(9)10/h3-5H,2H2,1H3. The molecule has 0 aromatic heterocycles. The van der Waals surface area contributed by atoms with E-state index in [1.807, 2.05) is 13.3 Å². The van der Waals surface area contributed by atoms with Gasteiger partial charge in [-0.25, -0.2) is 0 Å². The maximum absolute atomic E-state index is 10.2. The summed E-state index contributed by atoms with van der Waals surface area (Å²) in [6, 6.07) is 0. The Bertz CT molecular complexity index is 216. The van der Waals surface area contributed by atoms with E-state index in [0.717, 1.165) is 5.57 Å². The van der Waals surface area contributed by atoms with E-state index in [1.54, 1.807) is 12.2 Å². The molecule has 0 N–H and O–H groups in total. The molecule has 0 heterocycles. The maximum atomic E-state index is 10.2. The van der Waals surface area contributed by atoms with Gasteiger partial charge in [0, 0.05) is 6.08 Å². The summed E-state index contributed by atoms with van der Waals surface area (Å²) in [6.07, 6.45) is 5.81. The average molecular weight is 138 g/mol. The zero-order valence-electron chi connectivity index (χ0n) is 5.70. The summed E-state index contributed by atoms with van der Waals surface area (Å²) >= 11 is 0. The molecule has 0 fully saturated rings. The van der Waals surface area contributed by atoms with Gasteiger partial charge in [0.2, 0.25) is 0 Å². The minimum Gasteiger partial charge on any atom is -0.258 e. The number of hydrogen-bond acceptors (Lipinski definition) is 2. The van der Waals surface area contributed by atoms with Gasteiger partial charge in [-0.05, 0) is 25.8 Å². The SMILES string of the molecule is CC1=CC([N+](=O)[O-])=CC[CH]1. The smallest absolute Gasteiger partial charge is 0.258 e. The minimum atomic E-state index is -0.365. The largest absolute Gasteiger partial charge is 0.265 e. The molecule has 0 saturated carbocycles. The van der Waals surface area contributed by atoms with Crippen LogP contribution in [-0.4, -0.2) is 4.92 Å². The molecule has 0 aliphatic heterocycles. The van der Waals surface area contributed by atoms with Crippen LogP contribution in [0.1, 0.15) is 13.3 Å². The van der Waals surface area contributed by atoms with Crippen LogP contribution in [0.3, 0.4) is 0 Å². The molecule has 0 atom stereocenters. The van der Waals surface area contributed by atoms with Gasteiger partial charge >= 0.3 is 0 Å². The Hall–Kier alpha value is -1.12. The van der Waals surface area contributed by atoms with Crippen LogP contribution < -0.4 is 0 Å². The quantitative estimate of drug-likeness (QED) is 0.409. The van der Waals surface area contributed by atoms with Gasteiger partial charge in [0.15, 0.2) is 0 Å². The molecule has 0 aromatic rings. The van der Waals surface area contributed by atoms with Crippen molar-refractivity contribution < 1.29 is 4.92 Å². The lowest BCUT2D eigenvalue weighted by Gasteiger charge is -2.02. The average Bonchev–Trinajstić information content (AvgIpc) is 1.88. The van der Waals surface area contributed by atoms with Gasteiger partial charge in [-0.15, -0.1) is 0 Å². The Morgan fingerprint density at radius 3 is 2.80 bits per heavy atom. The molecule has 1 radical (unpaired) electrons. The van der Waals surface area contributed by atoms with Crippen LogP contribution in [0, 0.1) is 16.5 Å². The highest BCUT2D eigenvalue weighted by Gasteiger charge is 2.10. The first kappa shape index (κ1) is 6.99. The molecule has 0 saturated heterocycles. The van der Waals surface area contributed by atoms with Crippen LogP contribution in [0.15, 0.2) is 23.4 Å². The van der Waals surface area contributed by atoms with E-state index < -0.39 is 0 Å². The number of nitro groups is 1. The fourth-order valence-electron chi connectivity index (χ4n) is 0.844. The summed E-state index contributed by atoms with van der Waals surface area (Å²) in [5.41, 5.74) is 1.18. The zero-order chi connectivity index (χ0) is 7.56. The second-order valence-corrected chi connectivity index (χ2v) is 2.21. The number of nitrogens with zero attached hydrogens (tertiary/aromatic N) is 1. The van der Waals surface area contributed by atoms with E-state index in [0.29, 0.717) is 6.42 Å². The fraction of sp³-hybridized carbons (Fsp3) is 0.286. The summed E-state index contributed by atoms with van der Waals surface area (Å²) < 4.78 is 0. The van der Waals surface area contributed by atoms with Crippen molar-refractivity contribution >= 4 is 0 Å². The molecule has 0 aromatic carbocycles. The van der Waals surface area contributed by atoms with Crippen molar-refractivity contribution in [3.63, 3.8) is 0 Å². The van der Waals surface area contributed by atoms with Gasteiger partial charge in [-0.2, -0.15) is 0 Å². The van der Waals surface area contributed by atoms with Crippen molar-refractivity contribution in [2.45, 2.75) is 13.3 Å². The topological polar surface area (TPSA) is 43.1 Å². The van der Waals surface area contributed by atoms with E-state index in [-0.39, 0.29) is 10.6 Å². The van der Waals surface area contributed by atoms with Crippen molar-refractivity contribution in [2.24, 2.45) is 0 Å². The molecule has 10 heavy (non-hydrogen) atoms. The van der Waals surface area contributed by atoms with Crippen LogP contribution in [-0.2, 0) is 0 Å². The Morgan fingerprint density at radius 1 is 1.70 bits per heavy atom. The maximum Gasteiger partial charge on any atom is 0.265 e. The Labute approximate surface area is 59.2 Å². The Balaban J connectivity index is 2.79. The van der Waals surface area contributed by atoms with Crippen LogP contribution in [0.4, 0.5) is 0 Å². The van der Waals surface area contributed by atoms with Gasteiger partial charge in [0.25, 0.3) is 5.70 Å². The monoisotopic (exact) mass is 138 g/mol. The lowest BCUT2D eigenvalue weighted by Crippen LogP contribution is -2.00. The van der Waals surface area contributed by atoms with Gasteiger partial charge < -0.3 is 0 Å². The molecule has 1 aliphatic rings. The fourth-order valence-corrected chi connectivity index (χ4v) is 0.844. The van der Waals surface area contributed by atoms with E-state index in [4.69, 9.17) is 0 Å². The first-order valence-electron chi connectivity index (χ1n) is 3.06. The van der Waals surface area contributed by atoms with Gasteiger partial charge in [-0.1, -0.05) is 5.57 Å². The van der Waals surface area contributed by atoms with Crippen molar-refractivity contribution in [1.29, 1.82) is 0 Å². The first-order chi connectivity index (χ1) is 4.70. The Morgan fingerprint density at radius 2 is 2.40 bits per heavy atom. The lowest BCUT2D eigenvalue weighted by atomic mass is 10.1. The van der Waals surface area contributed by atoms with Crippen LogP contribution >= 0.6 is 0 Å². The minimum absolute atomic E-state index is 0.208. The van der Waals surface area contributed by atoms with E-state index in [2.05, 4.69) is 0 Å². The van der Waals surface area contributed by atoms with Crippen LogP contribution in [0.2, 0.25) is 0 Å². The zero-order valence-corrected chi connectivity index (χ0v) is 5.70. The second kappa shape index (κ2) is 2.64. The third kappa shape index (κ3) is 1.43. The summed E-state index contributed by atoms with van der Waals surface area (Å²) in [4.78, 5) is 9.81. The van der Waals surface area contributed by atoms with Crippen molar-refractivity contribution in [1.82, 2.24) is 0 Å². The molecule has 3 nitrogen and oxygen atoms in total. The molecule has 0 spiro atoms. The van der Waals surface area contributed by atoms with Crippen molar-refractivity contribution in [3.05, 3.63) is 40.0 Å². The summed E-state index contributed by atoms with van der Waals surface area (Å²) in [6.45, 7) is 1.86. The van der Waals surface area contributed by atoms with Gasteiger partial charge in [-0.3, -0.25) is 10.1 Å². The highest BCUT2D eigenvalue weighted by molar-refractivity contribution is 5.27. The third-order valence-electron chi connectivity index (χ3n) is 1.35. The lowest BCUT2D eigenvalue weighted by molar-refractivity contribution is -0.419. The number of rotatable bonds is 1. The second-order valence-electron chi connectivity index (χ2n) is 2.21. The van der Waals surface area contributed by atoms with Crippen molar-refractivity contribution in [2.75, 3.05) is 0 Å². The first-order valence-corrected chi connectivity index (χ1v) is 3.06. The predicted molar refractivity (Wildman–Crippen MR) is 37.8 cm³/mol. The highest BCUT2D eigenvalue weighted by Crippen LogP contribution is 2.15. The number of hydrogen-bond donors (Lipinski definition) is 0. The van der Waals surface area contributed by atoms with Crippen molar-refractivity contribution in [3.8, 4) is 0 Å². The van der Waals surface area contributed by atoms with Gasteiger partial charge in [0.1, 0.15) is 0 Å². The highest BCUT2D eigenvalue weighted by atomic mass is 16.6.